The molecule has 0 aliphatic rings. The van der Waals surface area contributed by atoms with E-state index in [2.05, 4.69) is 23.7 Å². The number of rotatable bonds is 9. The molecule has 0 amide bonds. The van der Waals surface area contributed by atoms with Gasteiger partial charge in [-0.1, -0.05) is 44.2 Å². The molecule has 0 radical (unpaired) electrons. The number of fused-ring (bicyclic) bond motifs is 2. The average molecular weight is 443 g/mol. The third-order valence-electron chi connectivity index (χ3n) is 5.39. The van der Waals surface area contributed by atoms with Gasteiger partial charge < -0.3 is 14.6 Å². The van der Waals surface area contributed by atoms with Crippen LogP contribution in [0, 0.1) is 0 Å². The van der Waals surface area contributed by atoms with Crippen LogP contribution in [-0.4, -0.2) is 44.5 Å². The number of hydrogen-bond donors (Lipinski definition) is 1. The molecule has 0 aliphatic carbocycles. The van der Waals surface area contributed by atoms with E-state index in [1.807, 2.05) is 48.5 Å². The Bertz CT molecular complexity index is 1250. The Morgan fingerprint density at radius 2 is 1.70 bits per heavy atom. The number of aromatic amines is 1. The van der Waals surface area contributed by atoms with Crippen LogP contribution >= 0.6 is 11.3 Å². The summed E-state index contributed by atoms with van der Waals surface area (Å²) in [7, 11) is -3.53. The van der Waals surface area contributed by atoms with E-state index in [0.717, 1.165) is 40.6 Å². The number of benzene rings is 2. The second kappa shape index (κ2) is 8.79. The molecule has 2 heterocycles. The summed E-state index contributed by atoms with van der Waals surface area (Å²) in [6, 6.07) is 15.4. The first-order valence-electron chi connectivity index (χ1n) is 10.2. The predicted octanol–water partition coefficient (Wildman–Crippen LogP) is 5.08. The Morgan fingerprint density at radius 1 is 1.00 bits per heavy atom. The van der Waals surface area contributed by atoms with Gasteiger partial charge in [0.15, 0.2) is 9.84 Å². The van der Waals surface area contributed by atoms with Crippen LogP contribution in [0.3, 0.4) is 0 Å². The summed E-state index contributed by atoms with van der Waals surface area (Å²) in [6.07, 6.45) is 0. The quantitative estimate of drug-likeness (QED) is 0.393. The highest BCUT2D eigenvalue weighted by molar-refractivity contribution is 7.91. The van der Waals surface area contributed by atoms with Crippen molar-refractivity contribution in [1.82, 2.24) is 9.88 Å². The summed E-state index contributed by atoms with van der Waals surface area (Å²) in [4.78, 5) is 5.95. The lowest BCUT2D eigenvalue weighted by Crippen LogP contribution is -2.28. The lowest BCUT2D eigenvalue weighted by molar-refractivity contribution is 0.223. The van der Waals surface area contributed by atoms with Crippen molar-refractivity contribution in [2.75, 3.05) is 26.2 Å². The fourth-order valence-corrected chi connectivity index (χ4v) is 6.59. The summed E-state index contributed by atoms with van der Waals surface area (Å²) < 4.78 is 33.7. The van der Waals surface area contributed by atoms with Crippen molar-refractivity contribution >= 4 is 42.2 Å². The molecule has 2 aromatic heterocycles. The largest absolute Gasteiger partial charge is 0.490 e. The summed E-state index contributed by atoms with van der Waals surface area (Å²) in [5, 5.41) is 3.43. The molecule has 4 rings (SSSR count). The first-order valence-corrected chi connectivity index (χ1v) is 12.7. The van der Waals surface area contributed by atoms with E-state index in [1.165, 1.54) is 11.3 Å². The number of nitrogens with one attached hydrogen (secondary N) is 1. The fourth-order valence-electron chi connectivity index (χ4n) is 3.72. The van der Waals surface area contributed by atoms with Gasteiger partial charge >= 0.3 is 0 Å². The molecule has 0 saturated carbocycles. The van der Waals surface area contributed by atoms with Crippen molar-refractivity contribution in [3.63, 3.8) is 0 Å². The zero-order valence-corrected chi connectivity index (χ0v) is 18.9. The maximum atomic E-state index is 13.3. The molecule has 158 valence electrons. The van der Waals surface area contributed by atoms with Crippen LogP contribution in [0.2, 0.25) is 0 Å². The first-order chi connectivity index (χ1) is 14.5. The molecule has 0 spiro atoms. The maximum absolute atomic E-state index is 13.3. The molecule has 30 heavy (non-hydrogen) atoms. The SMILES string of the molecule is CCN(CC)CCOc1c(CS(=O)(=O)c2csc3ccccc23)[nH]c2ccccc12. The number of nitrogens with zero attached hydrogens (tertiary/aromatic N) is 1. The topological polar surface area (TPSA) is 62.4 Å². The van der Waals surface area contributed by atoms with E-state index in [0.29, 0.717) is 22.9 Å². The molecule has 2 aromatic carbocycles. The summed E-state index contributed by atoms with van der Waals surface area (Å²) in [5.74, 6) is 0.518. The van der Waals surface area contributed by atoms with Gasteiger partial charge in [-0.3, -0.25) is 0 Å². The van der Waals surface area contributed by atoms with Crippen LogP contribution in [0.15, 0.2) is 58.8 Å². The molecule has 0 bridgehead atoms. The molecular weight excluding hydrogens is 416 g/mol. The van der Waals surface area contributed by atoms with E-state index in [1.54, 1.807) is 5.38 Å². The minimum absolute atomic E-state index is 0.122. The Hall–Kier alpha value is -2.35. The van der Waals surface area contributed by atoms with Gasteiger partial charge in [0.25, 0.3) is 0 Å². The monoisotopic (exact) mass is 442 g/mol. The van der Waals surface area contributed by atoms with Gasteiger partial charge in [0.1, 0.15) is 12.4 Å². The highest BCUT2D eigenvalue weighted by Gasteiger charge is 2.24. The van der Waals surface area contributed by atoms with Crippen LogP contribution in [0.4, 0.5) is 0 Å². The summed E-state index contributed by atoms with van der Waals surface area (Å²) in [5.41, 5.74) is 1.49. The number of hydrogen-bond acceptors (Lipinski definition) is 5. The number of ether oxygens (including phenoxy) is 1. The zero-order valence-electron chi connectivity index (χ0n) is 17.2. The van der Waals surface area contributed by atoms with Crippen LogP contribution in [0.5, 0.6) is 5.75 Å². The summed E-state index contributed by atoms with van der Waals surface area (Å²) >= 11 is 1.46. The Morgan fingerprint density at radius 3 is 2.47 bits per heavy atom. The Kier molecular flexibility index (Phi) is 6.13. The molecule has 0 aliphatic heterocycles. The number of likely N-dealkylation sites (N-methyl/N-ethyl adjacent to an activating group) is 1. The molecule has 7 heteroatoms. The molecule has 0 fully saturated rings. The van der Waals surface area contributed by atoms with E-state index >= 15 is 0 Å². The van der Waals surface area contributed by atoms with Crippen molar-refractivity contribution in [2.24, 2.45) is 0 Å². The second-order valence-electron chi connectivity index (χ2n) is 7.21. The number of aromatic nitrogens is 1. The van der Waals surface area contributed by atoms with Gasteiger partial charge in [0.05, 0.1) is 16.3 Å². The third kappa shape index (κ3) is 4.10. The minimum Gasteiger partial charge on any atom is -0.490 e. The number of thiophene rings is 1. The van der Waals surface area contributed by atoms with Crippen molar-refractivity contribution < 1.29 is 13.2 Å². The van der Waals surface area contributed by atoms with Gasteiger partial charge in [-0.25, -0.2) is 8.42 Å². The molecule has 1 N–H and O–H groups in total. The lowest BCUT2D eigenvalue weighted by Gasteiger charge is -2.18. The number of sulfone groups is 1. The summed E-state index contributed by atoms with van der Waals surface area (Å²) in [6.45, 7) is 7.48. The van der Waals surface area contributed by atoms with Crippen molar-refractivity contribution in [2.45, 2.75) is 24.5 Å². The van der Waals surface area contributed by atoms with E-state index < -0.39 is 9.84 Å². The normalized spacial score (nSPS) is 12.2. The highest BCUT2D eigenvalue weighted by Crippen LogP contribution is 2.35. The number of H-pyrrole nitrogens is 1. The second-order valence-corrected chi connectivity index (χ2v) is 10.1. The van der Waals surface area contributed by atoms with Gasteiger partial charge in [0, 0.05) is 32.9 Å². The van der Waals surface area contributed by atoms with E-state index in [9.17, 15) is 8.42 Å². The minimum atomic E-state index is -3.53. The van der Waals surface area contributed by atoms with Crippen molar-refractivity contribution in [3.8, 4) is 5.75 Å². The zero-order chi connectivity index (χ0) is 21.1. The van der Waals surface area contributed by atoms with Crippen LogP contribution in [0.25, 0.3) is 21.0 Å². The molecule has 0 atom stereocenters. The smallest absolute Gasteiger partial charge is 0.185 e. The first kappa shape index (κ1) is 20.9. The Labute approximate surface area is 181 Å². The van der Waals surface area contributed by atoms with Crippen molar-refractivity contribution in [1.29, 1.82) is 0 Å². The number of para-hydroxylation sites is 1. The standard InChI is InChI=1S/C23H26N2O3S2/c1-3-25(4-2)13-14-28-23-17-9-5-7-11-19(17)24-20(23)16-30(26,27)22-15-29-21-12-8-6-10-18(21)22/h5-12,15,24H,3-4,13-14,16H2,1-2H3. The molecule has 4 aromatic rings. The molecular formula is C23H26N2O3S2. The van der Waals surface area contributed by atoms with E-state index in [-0.39, 0.29) is 5.75 Å². The fraction of sp³-hybridized carbons (Fsp3) is 0.304. The molecule has 0 unspecified atom stereocenters. The van der Waals surface area contributed by atoms with Crippen molar-refractivity contribution in [3.05, 3.63) is 59.6 Å². The third-order valence-corrected chi connectivity index (χ3v) is 8.18. The van der Waals surface area contributed by atoms with Gasteiger partial charge in [-0.2, -0.15) is 0 Å². The Balaban J connectivity index is 1.66. The van der Waals surface area contributed by atoms with Crippen LogP contribution < -0.4 is 4.74 Å². The van der Waals surface area contributed by atoms with Gasteiger partial charge in [0.2, 0.25) is 0 Å². The van der Waals surface area contributed by atoms with Crippen LogP contribution in [0.1, 0.15) is 19.5 Å². The highest BCUT2D eigenvalue weighted by atomic mass is 32.2. The average Bonchev–Trinajstić information content (AvgIpc) is 3.33. The van der Waals surface area contributed by atoms with Gasteiger partial charge in [-0.15, -0.1) is 11.3 Å². The van der Waals surface area contributed by atoms with Gasteiger partial charge in [-0.05, 0) is 31.3 Å². The van der Waals surface area contributed by atoms with E-state index in [4.69, 9.17) is 4.74 Å². The molecule has 0 saturated heterocycles. The predicted molar refractivity (Wildman–Crippen MR) is 124 cm³/mol. The maximum Gasteiger partial charge on any atom is 0.185 e. The molecule has 5 nitrogen and oxygen atoms in total. The van der Waals surface area contributed by atoms with Crippen LogP contribution in [-0.2, 0) is 15.6 Å². The lowest BCUT2D eigenvalue weighted by atomic mass is 10.2.